The van der Waals surface area contributed by atoms with Gasteiger partial charge < -0.3 is 4.57 Å². The van der Waals surface area contributed by atoms with Crippen LogP contribution in [0.5, 0.6) is 0 Å². The first-order valence-electron chi connectivity index (χ1n) is 6.16. The normalized spacial score (nSPS) is 10.9. The van der Waals surface area contributed by atoms with Crippen LogP contribution in [0.15, 0.2) is 48.7 Å². The fraction of sp³-hybridized carbons (Fsp3) is 0.0625. The van der Waals surface area contributed by atoms with Crippen molar-refractivity contribution in [1.29, 1.82) is 0 Å². The molecule has 0 aliphatic heterocycles. The second-order valence-corrected chi connectivity index (χ2v) is 5.01. The van der Waals surface area contributed by atoms with Gasteiger partial charge in [-0.1, -0.05) is 29.8 Å². The molecule has 2 aromatic carbocycles. The van der Waals surface area contributed by atoms with Crippen LogP contribution < -0.4 is 0 Å². The quantitative estimate of drug-likeness (QED) is 0.659. The maximum Gasteiger partial charge on any atom is 0.150 e. The minimum absolute atomic E-state index is 0.328. The van der Waals surface area contributed by atoms with Crippen LogP contribution in [0.1, 0.15) is 15.9 Å². The first kappa shape index (κ1) is 12.9. The summed E-state index contributed by atoms with van der Waals surface area (Å²) in [5.74, 6) is -0.328. The molecular weight excluding hydrogens is 277 g/mol. The number of nitrogens with zero attached hydrogens (tertiary/aromatic N) is 1. The van der Waals surface area contributed by atoms with E-state index in [9.17, 15) is 9.18 Å². The molecule has 0 spiro atoms. The maximum atomic E-state index is 13.8. The third kappa shape index (κ3) is 2.21. The van der Waals surface area contributed by atoms with E-state index in [1.807, 2.05) is 29.0 Å². The molecule has 0 aliphatic carbocycles. The highest BCUT2D eigenvalue weighted by Gasteiger charge is 2.08. The molecule has 3 rings (SSSR count). The number of fused-ring (bicyclic) bond motifs is 1. The Morgan fingerprint density at radius 3 is 2.80 bits per heavy atom. The van der Waals surface area contributed by atoms with Gasteiger partial charge in [0.1, 0.15) is 5.82 Å². The second-order valence-electron chi connectivity index (χ2n) is 4.58. The van der Waals surface area contributed by atoms with E-state index in [0.717, 1.165) is 17.2 Å². The summed E-state index contributed by atoms with van der Waals surface area (Å²) in [7, 11) is 0. The highest BCUT2D eigenvalue weighted by atomic mass is 35.5. The van der Waals surface area contributed by atoms with Crippen LogP contribution in [-0.2, 0) is 6.54 Å². The predicted octanol–water partition coefficient (Wildman–Crippen LogP) is 4.29. The topological polar surface area (TPSA) is 22.0 Å². The first-order chi connectivity index (χ1) is 9.69. The van der Waals surface area contributed by atoms with Gasteiger partial charge in [0.25, 0.3) is 0 Å². The summed E-state index contributed by atoms with van der Waals surface area (Å²) >= 11 is 5.75. The molecule has 0 N–H and O–H groups in total. The molecular formula is C16H11ClFNO. The summed E-state index contributed by atoms with van der Waals surface area (Å²) in [5.41, 5.74) is 2.10. The lowest BCUT2D eigenvalue weighted by Gasteiger charge is -2.07. The second kappa shape index (κ2) is 5.10. The van der Waals surface area contributed by atoms with Gasteiger partial charge in [-0.25, -0.2) is 4.39 Å². The zero-order valence-corrected chi connectivity index (χ0v) is 11.3. The van der Waals surface area contributed by atoms with E-state index >= 15 is 0 Å². The molecule has 0 radical (unpaired) electrons. The molecule has 1 heterocycles. The summed E-state index contributed by atoms with van der Waals surface area (Å²) in [4.78, 5) is 11.0. The maximum absolute atomic E-state index is 13.8. The van der Waals surface area contributed by atoms with Crippen molar-refractivity contribution in [2.24, 2.45) is 0 Å². The summed E-state index contributed by atoms with van der Waals surface area (Å²) < 4.78 is 15.7. The standard InChI is InChI=1S/C16H11ClFNO/c17-13-5-4-11(15(18)8-13)9-19-7-6-14-12(10-20)2-1-3-16(14)19/h1-8,10H,9H2. The fourth-order valence-electron chi connectivity index (χ4n) is 2.32. The monoisotopic (exact) mass is 287 g/mol. The summed E-state index contributed by atoms with van der Waals surface area (Å²) in [6.45, 7) is 0.398. The largest absolute Gasteiger partial charge is 0.343 e. The number of hydrogen-bond acceptors (Lipinski definition) is 1. The van der Waals surface area contributed by atoms with Gasteiger partial charge in [-0.05, 0) is 24.3 Å². The zero-order valence-electron chi connectivity index (χ0n) is 10.5. The Hall–Kier alpha value is -2.13. The van der Waals surface area contributed by atoms with Crippen molar-refractivity contribution in [3.63, 3.8) is 0 Å². The SMILES string of the molecule is O=Cc1cccc2c1ccn2Cc1ccc(Cl)cc1F. The molecule has 3 aromatic rings. The lowest BCUT2D eigenvalue weighted by atomic mass is 10.1. The number of carbonyl (C=O) groups excluding carboxylic acids is 1. The molecule has 0 fully saturated rings. The van der Waals surface area contributed by atoms with Crippen LogP contribution in [0.25, 0.3) is 10.9 Å². The predicted molar refractivity (Wildman–Crippen MR) is 77.8 cm³/mol. The Balaban J connectivity index is 2.05. The van der Waals surface area contributed by atoms with Gasteiger partial charge in [-0.15, -0.1) is 0 Å². The van der Waals surface area contributed by atoms with Crippen molar-refractivity contribution < 1.29 is 9.18 Å². The van der Waals surface area contributed by atoms with Gasteiger partial charge in [0.2, 0.25) is 0 Å². The smallest absolute Gasteiger partial charge is 0.150 e. The lowest BCUT2D eigenvalue weighted by molar-refractivity contribution is 0.112. The summed E-state index contributed by atoms with van der Waals surface area (Å²) in [5, 5.41) is 1.25. The van der Waals surface area contributed by atoms with Crippen LogP contribution in [0.3, 0.4) is 0 Å². The molecule has 0 atom stereocenters. The molecule has 0 bridgehead atoms. The van der Waals surface area contributed by atoms with E-state index in [2.05, 4.69) is 0 Å². The van der Waals surface area contributed by atoms with Crippen molar-refractivity contribution in [1.82, 2.24) is 4.57 Å². The van der Waals surface area contributed by atoms with E-state index < -0.39 is 0 Å². The number of carbonyl (C=O) groups is 1. The molecule has 1 aromatic heterocycles. The Labute approximate surface area is 120 Å². The Kier molecular flexibility index (Phi) is 3.28. The van der Waals surface area contributed by atoms with Gasteiger partial charge in [-0.3, -0.25) is 4.79 Å². The third-order valence-corrected chi connectivity index (χ3v) is 3.57. The summed E-state index contributed by atoms with van der Waals surface area (Å²) in [6.07, 6.45) is 2.68. The van der Waals surface area contributed by atoms with Crippen molar-refractivity contribution >= 4 is 28.8 Å². The number of halogens is 2. The molecule has 0 unspecified atom stereocenters. The number of benzene rings is 2. The Bertz CT molecular complexity index is 794. The molecule has 20 heavy (non-hydrogen) atoms. The van der Waals surface area contributed by atoms with Crippen molar-refractivity contribution in [2.45, 2.75) is 6.54 Å². The highest BCUT2D eigenvalue weighted by Crippen LogP contribution is 2.22. The van der Waals surface area contributed by atoms with Gasteiger partial charge in [0.05, 0.1) is 6.54 Å². The van der Waals surface area contributed by atoms with Crippen LogP contribution in [0.2, 0.25) is 5.02 Å². The molecule has 0 amide bonds. The molecule has 100 valence electrons. The van der Waals surface area contributed by atoms with E-state index in [4.69, 9.17) is 11.6 Å². The highest BCUT2D eigenvalue weighted by molar-refractivity contribution is 6.30. The number of aldehydes is 1. The van der Waals surface area contributed by atoms with Crippen LogP contribution in [0, 0.1) is 5.82 Å². The number of aromatic nitrogens is 1. The van der Waals surface area contributed by atoms with Crippen LogP contribution in [0.4, 0.5) is 4.39 Å². The zero-order chi connectivity index (χ0) is 14.1. The fourth-order valence-corrected chi connectivity index (χ4v) is 2.48. The van der Waals surface area contributed by atoms with Crippen molar-refractivity contribution in [3.8, 4) is 0 Å². The molecule has 2 nitrogen and oxygen atoms in total. The average Bonchev–Trinajstić information content (AvgIpc) is 2.85. The van der Waals surface area contributed by atoms with E-state index in [1.165, 1.54) is 6.07 Å². The van der Waals surface area contributed by atoms with E-state index in [0.29, 0.717) is 22.7 Å². The van der Waals surface area contributed by atoms with Crippen LogP contribution >= 0.6 is 11.6 Å². The van der Waals surface area contributed by atoms with E-state index in [1.54, 1.807) is 18.2 Å². The van der Waals surface area contributed by atoms with Crippen molar-refractivity contribution in [3.05, 3.63) is 70.6 Å². The third-order valence-electron chi connectivity index (χ3n) is 3.33. The molecule has 0 saturated carbocycles. The molecule has 0 aliphatic rings. The van der Waals surface area contributed by atoms with Gasteiger partial charge >= 0.3 is 0 Å². The first-order valence-corrected chi connectivity index (χ1v) is 6.54. The lowest BCUT2D eigenvalue weighted by Crippen LogP contribution is -2.00. The number of hydrogen-bond donors (Lipinski definition) is 0. The Morgan fingerprint density at radius 1 is 1.20 bits per heavy atom. The van der Waals surface area contributed by atoms with Crippen molar-refractivity contribution in [2.75, 3.05) is 0 Å². The minimum atomic E-state index is -0.328. The van der Waals surface area contributed by atoms with Gasteiger partial charge in [0.15, 0.2) is 6.29 Å². The number of rotatable bonds is 3. The van der Waals surface area contributed by atoms with Gasteiger partial charge in [0, 0.05) is 33.2 Å². The van der Waals surface area contributed by atoms with Gasteiger partial charge in [-0.2, -0.15) is 0 Å². The van der Waals surface area contributed by atoms with Crippen LogP contribution in [-0.4, -0.2) is 10.9 Å². The minimum Gasteiger partial charge on any atom is -0.343 e. The molecule has 4 heteroatoms. The average molecular weight is 288 g/mol. The Morgan fingerprint density at radius 2 is 2.05 bits per heavy atom. The molecule has 0 saturated heterocycles. The summed E-state index contributed by atoms with van der Waals surface area (Å²) in [6, 6.07) is 12.0. The van der Waals surface area contributed by atoms with E-state index in [-0.39, 0.29) is 5.82 Å².